The molecule has 3 heterocycles. The minimum Gasteiger partial charge on any atom is -0.493 e. The Balaban J connectivity index is 1.84. The zero-order chi connectivity index (χ0) is 19.8. The molecule has 0 amide bonds. The number of nitrogens with zero attached hydrogens (tertiary/aromatic N) is 1. The highest BCUT2D eigenvalue weighted by Gasteiger charge is 2.32. The molecule has 0 bridgehead atoms. The van der Waals surface area contributed by atoms with Crippen LogP contribution in [0.2, 0.25) is 0 Å². The van der Waals surface area contributed by atoms with Gasteiger partial charge in [-0.15, -0.1) is 0 Å². The van der Waals surface area contributed by atoms with Crippen LogP contribution in [0.4, 0.5) is 0 Å². The molecule has 150 valence electrons. The third-order valence-corrected chi connectivity index (χ3v) is 6.26. The molecule has 0 saturated carbocycles. The van der Waals surface area contributed by atoms with E-state index in [-0.39, 0.29) is 5.43 Å². The summed E-state index contributed by atoms with van der Waals surface area (Å²) in [4.78, 5) is 12.5. The van der Waals surface area contributed by atoms with Gasteiger partial charge in [0, 0.05) is 55.1 Å². The van der Waals surface area contributed by atoms with Gasteiger partial charge in [0.2, 0.25) is 0 Å². The SMILES string of the molecule is COCCCCc1cc2c(c3c1OCC3)-c1cc(=O)c(C)cn1C(C(C)C)C2. The average Bonchev–Trinajstić information content (AvgIpc) is 3.15. The molecule has 2 aliphatic heterocycles. The minimum atomic E-state index is 0.123. The van der Waals surface area contributed by atoms with Gasteiger partial charge in [0.05, 0.1) is 12.3 Å². The van der Waals surface area contributed by atoms with E-state index in [9.17, 15) is 4.79 Å². The second-order valence-electron chi connectivity index (χ2n) is 8.55. The van der Waals surface area contributed by atoms with Crippen LogP contribution in [0.15, 0.2) is 23.1 Å². The molecule has 0 spiro atoms. The van der Waals surface area contributed by atoms with Gasteiger partial charge >= 0.3 is 0 Å². The Morgan fingerprint density at radius 3 is 2.86 bits per heavy atom. The molecule has 4 rings (SSSR count). The van der Waals surface area contributed by atoms with E-state index in [1.165, 1.54) is 22.3 Å². The standard InChI is InChI=1S/C24H31NO3/c1-15(2)20-12-18-11-17(7-5-6-9-27-4)24-19(8-10-28-24)23(18)21-13-22(26)16(3)14-25(20)21/h11,13-15,20H,5-10,12H2,1-4H3. The molecule has 1 atom stereocenters. The maximum Gasteiger partial charge on any atom is 0.185 e. The fraction of sp³-hybridized carbons (Fsp3) is 0.542. The lowest BCUT2D eigenvalue weighted by molar-refractivity contribution is 0.193. The van der Waals surface area contributed by atoms with E-state index in [1.807, 2.05) is 13.0 Å². The Kier molecular flexibility index (Phi) is 5.33. The predicted octanol–water partition coefficient (Wildman–Crippen LogP) is 4.48. The van der Waals surface area contributed by atoms with Crippen molar-refractivity contribution in [2.24, 2.45) is 5.92 Å². The summed E-state index contributed by atoms with van der Waals surface area (Å²) in [5.74, 6) is 1.57. The number of pyridine rings is 1. The quantitative estimate of drug-likeness (QED) is 0.693. The van der Waals surface area contributed by atoms with E-state index in [2.05, 4.69) is 30.7 Å². The van der Waals surface area contributed by atoms with Crippen LogP contribution in [-0.4, -0.2) is 24.9 Å². The summed E-state index contributed by atoms with van der Waals surface area (Å²) < 4.78 is 13.6. The molecule has 1 aromatic carbocycles. The van der Waals surface area contributed by atoms with Crippen LogP contribution in [0.1, 0.15) is 55.0 Å². The molecule has 0 saturated heterocycles. The molecule has 28 heavy (non-hydrogen) atoms. The highest BCUT2D eigenvalue weighted by molar-refractivity contribution is 5.75. The summed E-state index contributed by atoms with van der Waals surface area (Å²) in [6.07, 6.45) is 7.19. The van der Waals surface area contributed by atoms with E-state index < -0.39 is 0 Å². The van der Waals surface area contributed by atoms with Crippen LogP contribution < -0.4 is 10.2 Å². The smallest absolute Gasteiger partial charge is 0.185 e. The van der Waals surface area contributed by atoms with Gasteiger partial charge in [-0.2, -0.15) is 0 Å². The second kappa shape index (κ2) is 7.75. The van der Waals surface area contributed by atoms with Gasteiger partial charge in [-0.3, -0.25) is 4.79 Å². The summed E-state index contributed by atoms with van der Waals surface area (Å²) in [7, 11) is 1.76. The molecule has 0 fully saturated rings. The van der Waals surface area contributed by atoms with E-state index in [1.54, 1.807) is 7.11 Å². The number of fused-ring (bicyclic) bond motifs is 5. The van der Waals surface area contributed by atoms with Gasteiger partial charge in [-0.25, -0.2) is 0 Å². The van der Waals surface area contributed by atoms with Gasteiger partial charge < -0.3 is 14.0 Å². The molecule has 0 aliphatic carbocycles. The van der Waals surface area contributed by atoms with Crippen LogP contribution >= 0.6 is 0 Å². The first-order valence-corrected chi connectivity index (χ1v) is 10.5. The number of benzene rings is 1. The number of unbranched alkanes of at least 4 members (excludes halogenated alkanes) is 1. The lowest BCUT2D eigenvalue weighted by atomic mass is 9.83. The van der Waals surface area contributed by atoms with Crippen molar-refractivity contribution >= 4 is 0 Å². The monoisotopic (exact) mass is 381 g/mol. The highest BCUT2D eigenvalue weighted by Crippen LogP contribution is 2.45. The molecular weight excluding hydrogens is 350 g/mol. The molecule has 2 aromatic rings. The molecule has 1 unspecified atom stereocenters. The van der Waals surface area contributed by atoms with Crippen molar-refractivity contribution in [1.29, 1.82) is 0 Å². The molecule has 4 heteroatoms. The van der Waals surface area contributed by atoms with Crippen molar-refractivity contribution in [1.82, 2.24) is 4.57 Å². The summed E-state index contributed by atoms with van der Waals surface area (Å²) in [5, 5.41) is 0. The Bertz CT molecular complexity index is 942. The van der Waals surface area contributed by atoms with Crippen molar-refractivity contribution in [2.75, 3.05) is 20.3 Å². The molecule has 4 nitrogen and oxygen atoms in total. The van der Waals surface area contributed by atoms with Crippen molar-refractivity contribution in [2.45, 2.75) is 58.9 Å². The number of ether oxygens (including phenoxy) is 2. The number of methoxy groups -OCH3 is 1. The lowest BCUT2D eigenvalue weighted by Gasteiger charge is -2.34. The molecule has 1 aromatic heterocycles. The fourth-order valence-electron chi connectivity index (χ4n) is 4.76. The van der Waals surface area contributed by atoms with Gasteiger partial charge in [0.1, 0.15) is 5.75 Å². The van der Waals surface area contributed by atoms with Gasteiger partial charge in [0.25, 0.3) is 0 Å². The van der Waals surface area contributed by atoms with Crippen molar-refractivity contribution in [3.63, 3.8) is 0 Å². The van der Waals surface area contributed by atoms with Crippen LogP contribution in [0.5, 0.6) is 5.75 Å². The Morgan fingerprint density at radius 2 is 2.11 bits per heavy atom. The fourth-order valence-corrected chi connectivity index (χ4v) is 4.76. The topological polar surface area (TPSA) is 40.5 Å². The van der Waals surface area contributed by atoms with Crippen molar-refractivity contribution in [3.05, 3.63) is 50.8 Å². The van der Waals surface area contributed by atoms with Gasteiger partial charge in [-0.1, -0.05) is 19.9 Å². The first kappa shape index (κ1) is 19.3. The zero-order valence-corrected chi connectivity index (χ0v) is 17.5. The van der Waals surface area contributed by atoms with E-state index in [0.717, 1.165) is 62.3 Å². The summed E-state index contributed by atoms with van der Waals surface area (Å²) >= 11 is 0. The van der Waals surface area contributed by atoms with Crippen molar-refractivity contribution < 1.29 is 9.47 Å². The number of hydrogen-bond acceptors (Lipinski definition) is 3. The van der Waals surface area contributed by atoms with Crippen LogP contribution in [-0.2, 0) is 24.0 Å². The van der Waals surface area contributed by atoms with Gasteiger partial charge in [-0.05, 0) is 49.7 Å². The number of rotatable bonds is 6. The zero-order valence-electron chi connectivity index (χ0n) is 17.5. The summed E-state index contributed by atoms with van der Waals surface area (Å²) in [6, 6.07) is 4.58. The lowest BCUT2D eigenvalue weighted by Crippen LogP contribution is -2.27. The molecule has 2 aliphatic rings. The number of hydrogen-bond donors (Lipinski definition) is 0. The van der Waals surface area contributed by atoms with Crippen LogP contribution in [0, 0.1) is 12.8 Å². The molecular formula is C24H31NO3. The number of aryl methyl sites for hydroxylation is 2. The van der Waals surface area contributed by atoms with E-state index >= 15 is 0 Å². The third kappa shape index (κ3) is 3.28. The molecule has 0 N–H and O–H groups in total. The maximum atomic E-state index is 12.5. The van der Waals surface area contributed by atoms with E-state index in [0.29, 0.717) is 12.0 Å². The number of aromatic nitrogens is 1. The Labute approximate surface area is 167 Å². The van der Waals surface area contributed by atoms with Crippen molar-refractivity contribution in [3.8, 4) is 17.0 Å². The van der Waals surface area contributed by atoms with Gasteiger partial charge in [0.15, 0.2) is 5.43 Å². The summed E-state index contributed by atoms with van der Waals surface area (Å²) in [6.45, 7) is 8.00. The molecule has 0 radical (unpaired) electrons. The van der Waals surface area contributed by atoms with Crippen LogP contribution in [0.3, 0.4) is 0 Å². The first-order valence-electron chi connectivity index (χ1n) is 10.5. The average molecular weight is 382 g/mol. The Morgan fingerprint density at radius 1 is 1.29 bits per heavy atom. The predicted molar refractivity (Wildman–Crippen MR) is 112 cm³/mol. The normalized spacial score (nSPS) is 17.2. The van der Waals surface area contributed by atoms with Crippen LogP contribution in [0.25, 0.3) is 11.3 Å². The first-order chi connectivity index (χ1) is 13.5. The Hall–Kier alpha value is -2.07. The van der Waals surface area contributed by atoms with E-state index in [4.69, 9.17) is 9.47 Å². The maximum absolute atomic E-state index is 12.5. The third-order valence-electron chi connectivity index (χ3n) is 6.26. The second-order valence-corrected chi connectivity index (χ2v) is 8.55. The largest absolute Gasteiger partial charge is 0.493 e. The summed E-state index contributed by atoms with van der Waals surface area (Å²) in [5.41, 5.74) is 7.28. The highest BCUT2D eigenvalue weighted by atomic mass is 16.5. The minimum absolute atomic E-state index is 0.123.